The minimum Gasteiger partial charge on any atom is -0.623 e. The zero-order valence-corrected chi connectivity index (χ0v) is 10.8. The second kappa shape index (κ2) is 5.99. The van der Waals surface area contributed by atoms with Crippen LogP contribution in [0, 0.1) is 10.4 Å². The summed E-state index contributed by atoms with van der Waals surface area (Å²) >= 11 is 0. The lowest BCUT2D eigenvalue weighted by Crippen LogP contribution is -2.38. The van der Waals surface area contributed by atoms with Gasteiger partial charge in [-0.25, -0.2) is 0 Å². The SMILES string of the molecule is CC(C)(C=NO)/[N+]([O-])=C/C=[N+](\[O-])C(C)(C)C=NO. The standard InChI is InChI=1S/C10H18N4O4/c1-9(2,7-11-15)13(17)5-6-14(18)10(3,4)8-12-16/h5-8,15-16H,1-4H3/b11-7?,12-8?,13-5-,14-6-. The molecule has 8 heteroatoms. The monoisotopic (exact) mass is 258 g/mol. The second-order valence-electron chi connectivity index (χ2n) is 4.75. The Balaban J connectivity index is 5.13. The second-order valence-corrected chi connectivity index (χ2v) is 4.75. The summed E-state index contributed by atoms with van der Waals surface area (Å²) in [5, 5.41) is 45.6. The van der Waals surface area contributed by atoms with Crippen molar-refractivity contribution in [1.82, 2.24) is 0 Å². The van der Waals surface area contributed by atoms with Crippen LogP contribution in [0.3, 0.4) is 0 Å². The topological polar surface area (TPSA) is 117 Å². The van der Waals surface area contributed by atoms with Crippen LogP contribution >= 0.6 is 0 Å². The molecular weight excluding hydrogens is 240 g/mol. The molecule has 0 unspecified atom stereocenters. The van der Waals surface area contributed by atoms with Gasteiger partial charge in [-0.05, 0) is 0 Å². The largest absolute Gasteiger partial charge is 0.623 e. The van der Waals surface area contributed by atoms with Gasteiger partial charge < -0.3 is 20.8 Å². The maximum atomic E-state index is 11.6. The van der Waals surface area contributed by atoms with Gasteiger partial charge in [0.2, 0.25) is 23.5 Å². The quantitative estimate of drug-likeness (QED) is 0.247. The number of hydroxylamine groups is 2. The van der Waals surface area contributed by atoms with Crippen molar-refractivity contribution in [2.75, 3.05) is 0 Å². The van der Waals surface area contributed by atoms with Crippen molar-refractivity contribution in [2.24, 2.45) is 10.3 Å². The lowest BCUT2D eigenvalue weighted by molar-refractivity contribution is -0.522. The molecule has 0 atom stereocenters. The molecule has 8 nitrogen and oxygen atoms in total. The highest BCUT2D eigenvalue weighted by atomic mass is 16.5. The molecule has 0 aromatic rings. The Kier molecular flexibility index (Phi) is 5.28. The summed E-state index contributed by atoms with van der Waals surface area (Å²) in [7, 11) is 0. The van der Waals surface area contributed by atoms with Crippen LogP contribution in [0.1, 0.15) is 27.7 Å². The molecule has 0 rings (SSSR count). The van der Waals surface area contributed by atoms with Crippen LogP contribution < -0.4 is 0 Å². The third-order valence-electron chi connectivity index (χ3n) is 2.22. The molecule has 2 N–H and O–H groups in total. The Morgan fingerprint density at radius 3 is 1.33 bits per heavy atom. The van der Waals surface area contributed by atoms with Crippen LogP contribution in [0.25, 0.3) is 0 Å². The predicted octanol–water partition coefficient (Wildman–Crippen LogP) is 0.626. The first-order valence-electron chi connectivity index (χ1n) is 5.16. The molecule has 0 heterocycles. The van der Waals surface area contributed by atoms with Gasteiger partial charge in [0.15, 0.2) is 0 Å². The molecular formula is C10H18N4O4. The third kappa shape index (κ3) is 4.40. The molecule has 0 aliphatic heterocycles. The van der Waals surface area contributed by atoms with Crippen LogP contribution in [0.5, 0.6) is 0 Å². The first kappa shape index (κ1) is 15.9. The Morgan fingerprint density at radius 1 is 0.833 bits per heavy atom. The molecule has 0 aromatic heterocycles. The average Bonchev–Trinajstić information content (AvgIpc) is 2.24. The van der Waals surface area contributed by atoms with Gasteiger partial charge in [-0.1, -0.05) is 10.3 Å². The van der Waals surface area contributed by atoms with Crippen molar-refractivity contribution < 1.29 is 19.9 Å². The van der Waals surface area contributed by atoms with Gasteiger partial charge in [0, 0.05) is 27.7 Å². The summed E-state index contributed by atoms with van der Waals surface area (Å²) in [6, 6.07) is 0. The van der Waals surface area contributed by atoms with E-state index in [0.29, 0.717) is 9.48 Å². The van der Waals surface area contributed by atoms with Crippen molar-refractivity contribution in [2.45, 2.75) is 38.8 Å². The molecule has 0 amide bonds. The summed E-state index contributed by atoms with van der Waals surface area (Å²) in [6.07, 6.45) is 4.09. The van der Waals surface area contributed by atoms with E-state index in [0.717, 1.165) is 24.9 Å². The van der Waals surface area contributed by atoms with Gasteiger partial charge >= 0.3 is 0 Å². The van der Waals surface area contributed by atoms with E-state index in [2.05, 4.69) is 10.3 Å². The fourth-order valence-electron chi connectivity index (χ4n) is 0.902. The molecule has 0 spiro atoms. The Hall–Kier alpha value is -2.12. The van der Waals surface area contributed by atoms with E-state index < -0.39 is 11.1 Å². The minimum atomic E-state index is -1.08. The highest BCUT2D eigenvalue weighted by Crippen LogP contribution is 2.04. The van der Waals surface area contributed by atoms with Crippen molar-refractivity contribution in [1.29, 1.82) is 0 Å². The van der Waals surface area contributed by atoms with Gasteiger partial charge in [-0.15, -0.1) is 0 Å². The fourth-order valence-corrected chi connectivity index (χ4v) is 0.902. The van der Waals surface area contributed by atoms with E-state index in [9.17, 15) is 10.4 Å². The molecule has 0 aliphatic rings. The number of nitrogens with zero attached hydrogens (tertiary/aromatic N) is 4. The molecule has 0 saturated carbocycles. The summed E-state index contributed by atoms with van der Waals surface area (Å²) in [6.45, 7) is 6.05. The Bertz CT molecular complexity index is 359. The lowest BCUT2D eigenvalue weighted by atomic mass is 10.1. The highest BCUT2D eigenvalue weighted by Gasteiger charge is 2.26. The average molecular weight is 258 g/mol. The maximum absolute atomic E-state index is 11.6. The van der Waals surface area contributed by atoms with Crippen molar-refractivity contribution in [3.05, 3.63) is 10.4 Å². The first-order chi connectivity index (χ1) is 8.17. The summed E-state index contributed by atoms with van der Waals surface area (Å²) in [5.41, 5.74) is -2.16. The smallest absolute Gasteiger partial charge is 0.240 e. The number of oxime groups is 2. The van der Waals surface area contributed by atoms with Gasteiger partial charge in [-0.2, -0.15) is 9.48 Å². The Labute approximate surface area is 105 Å². The Morgan fingerprint density at radius 2 is 1.11 bits per heavy atom. The summed E-state index contributed by atoms with van der Waals surface area (Å²) in [4.78, 5) is 0. The van der Waals surface area contributed by atoms with Crippen molar-refractivity contribution in [3.8, 4) is 0 Å². The fraction of sp³-hybridized carbons (Fsp3) is 0.600. The molecule has 18 heavy (non-hydrogen) atoms. The highest BCUT2D eigenvalue weighted by molar-refractivity contribution is 6.11. The van der Waals surface area contributed by atoms with Crippen LogP contribution in [0.4, 0.5) is 0 Å². The molecule has 0 saturated heterocycles. The minimum absolute atomic E-state index is 0.462. The summed E-state index contributed by atoms with van der Waals surface area (Å²) < 4.78 is 0.924. The number of hydrogen-bond acceptors (Lipinski definition) is 6. The zero-order valence-electron chi connectivity index (χ0n) is 10.8. The van der Waals surface area contributed by atoms with E-state index >= 15 is 0 Å². The van der Waals surface area contributed by atoms with E-state index in [1.165, 1.54) is 27.7 Å². The van der Waals surface area contributed by atoms with Gasteiger partial charge in [0.05, 0.1) is 0 Å². The van der Waals surface area contributed by atoms with Gasteiger partial charge in [0.1, 0.15) is 12.4 Å². The maximum Gasteiger partial charge on any atom is 0.240 e. The van der Waals surface area contributed by atoms with Crippen molar-refractivity contribution >= 4 is 24.9 Å². The van der Waals surface area contributed by atoms with Crippen LogP contribution in [-0.4, -0.2) is 55.8 Å². The van der Waals surface area contributed by atoms with Crippen molar-refractivity contribution in [3.63, 3.8) is 0 Å². The predicted molar refractivity (Wildman–Crippen MR) is 68.1 cm³/mol. The van der Waals surface area contributed by atoms with E-state index in [1.807, 2.05) is 0 Å². The molecule has 0 aromatic carbocycles. The molecule has 0 bridgehead atoms. The van der Waals surface area contributed by atoms with Crippen LogP contribution in [0.15, 0.2) is 10.3 Å². The van der Waals surface area contributed by atoms with E-state index in [-0.39, 0.29) is 0 Å². The number of hydrogen-bond donors (Lipinski definition) is 2. The lowest BCUT2D eigenvalue weighted by Gasteiger charge is -2.19. The first-order valence-corrected chi connectivity index (χ1v) is 5.16. The number of rotatable bonds is 5. The molecule has 0 radical (unpaired) electrons. The molecule has 0 aliphatic carbocycles. The van der Waals surface area contributed by atoms with E-state index in [1.54, 1.807) is 0 Å². The third-order valence-corrected chi connectivity index (χ3v) is 2.22. The van der Waals surface area contributed by atoms with Gasteiger partial charge in [0.25, 0.3) is 0 Å². The summed E-state index contributed by atoms with van der Waals surface area (Å²) in [5.74, 6) is 0. The normalized spacial score (nSPS) is 15.8. The van der Waals surface area contributed by atoms with E-state index in [4.69, 9.17) is 10.4 Å². The molecule has 102 valence electrons. The van der Waals surface area contributed by atoms with Crippen LogP contribution in [-0.2, 0) is 0 Å². The van der Waals surface area contributed by atoms with Crippen LogP contribution in [0.2, 0.25) is 0 Å². The zero-order chi connectivity index (χ0) is 14.4. The molecule has 0 fully saturated rings. The van der Waals surface area contributed by atoms with Gasteiger partial charge in [-0.3, -0.25) is 0 Å².